The first-order chi connectivity index (χ1) is 17.5. The second-order valence-corrected chi connectivity index (χ2v) is 9.17. The van der Waals surface area contributed by atoms with Gasteiger partial charge in [0.2, 0.25) is 5.88 Å². The van der Waals surface area contributed by atoms with Gasteiger partial charge in [-0.15, -0.1) is 0 Å². The van der Waals surface area contributed by atoms with Crippen molar-refractivity contribution in [2.24, 2.45) is 0 Å². The molecule has 4 aromatic rings. The molecule has 1 aliphatic rings. The summed E-state index contributed by atoms with van der Waals surface area (Å²) in [5.41, 5.74) is 1.53. The summed E-state index contributed by atoms with van der Waals surface area (Å²) in [6.45, 7) is 2.19. The lowest BCUT2D eigenvalue weighted by Gasteiger charge is -2.20. The Hall–Kier alpha value is -3.53. The van der Waals surface area contributed by atoms with Crippen molar-refractivity contribution in [3.05, 3.63) is 71.3 Å². The van der Waals surface area contributed by atoms with E-state index in [1.54, 1.807) is 55.6 Å². The van der Waals surface area contributed by atoms with Crippen molar-refractivity contribution in [3.63, 3.8) is 0 Å². The van der Waals surface area contributed by atoms with Crippen molar-refractivity contribution in [2.75, 3.05) is 11.9 Å². The molecule has 0 spiro atoms. The summed E-state index contributed by atoms with van der Waals surface area (Å²) in [6, 6.07) is 11.9. The largest absolute Gasteiger partial charge is 0.439 e. The second-order valence-electron chi connectivity index (χ2n) is 8.79. The Morgan fingerprint density at radius 2 is 2.06 bits per heavy atom. The molecular formula is C26H26ClN5O4. The monoisotopic (exact) mass is 507 g/mol. The summed E-state index contributed by atoms with van der Waals surface area (Å²) >= 11 is 5.91. The number of benzene rings is 1. The number of rotatable bonds is 7. The first kappa shape index (κ1) is 24.2. The third kappa shape index (κ3) is 5.33. The number of aromatic amines is 1. The number of pyridine rings is 1. The van der Waals surface area contributed by atoms with Gasteiger partial charge in [-0.25, -0.2) is 15.0 Å². The molecule has 0 aliphatic carbocycles. The first-order valence-electron chi connectivity index (χ1n) is 11.8. The maximum atomic E-state index is 13.4. The average molecular weight is 508 g/mol. The lowest BCUT2D eigenvalue weighted by molar-refractivity contribution is -0.0276. The van der Waals surface area contributed by atoms with Gasteiger partial charge in [0.25, 0.3) is 0 Å². The molecule has 9 nitrogen and oxygen atoms in total. The van der Waals surface area contributed by atoms with Crippen LogP contribution in [-0.4, -0.2) is 55.7 Å². The Kier molecular flexibility index (Phi) is 7.13. The number of aromatic nitrogens is 4. The van der Waals surface area contributed by atoms with Crippen LogP contribution in [0.1, 0.15) is 42.1 Å². The molecule has 3 aromatic heterocycles. The average Bonchev–Trinajstić information content (AvgIpc) is 3.17. The fraction of sp³-hybridized carbons (Fsp3) is 0.308. The van der Waals surface area contributed by atoms with Crippen molar-refractivity contribution >= 4 is 34.2 Å². The zero-order chi connectivity index (χ0) is 25.1. The molecule has 3 atom stereocenters. The zero-order valence-corrected chi connectivity index (χ0v) is 20.4. The molecule has 1 aliphatic heterocycles. The summed E-state index contributed by atoms with van der Waals surface area (Å²) < 4.78 is 11.6. The SMILES string of the molecule is C[C@@H](O)[C@@H]1CCC[C@@H](Nc2ncnc3[nH]cc(C(=O)c4ccc(Oc5cccc(Cl)n5)cc4)c23)CO1. The van der Waals surface area contributed by atoms with Crippen LogP contribution in [0.25, 0.3) is 11.0 Å². The molecule has 0 unspecified atom stereocenters. The number of aliphatic hydroxyl groups excluding tert-OH is 1. The maximum Gasteiger partial charge on any atom is 0.220 e. The van der Waals surface area contributed by atoms with Crippen molar-refractivity contribution in [1.82, 2.24) is 19.9 Å². The maximum absolute atomic E-state index is 13.4. The summed E-state index contributed by atoms with van der Waals surface area (Å²) in [4.78, 5) is 29.3. The molecule has 1 fully saturated rings. The number of halogens is 1. The van der Waals surface area contributed by atoms with E-state index in [2.05, 4.69) is 25.3 Å². The third-order valence-corrected chi connectivity index (χ3v) is 6.39. The minimum absolute atomic E-state index is 0.00114. The molecule has 3 N–H and O–H groups in total. The molecule has 5 rings (SSSR count). The van der Waals surface area contributed by atoms with E-state index >= 15 is 0 Å². The van der Waals surface area contributed by atoms with Crippen molar-refractivity contribution in [2.45, 2.75) is 44.4 Å². The number of hydrogen-bond donors (Lipinski definition) is 3. The van der Waals surface area contributed by atoms with E-state index in [-0.39, 0.29) is 17.9 Å². The van der Waals surface area contributed by atoms with Crippen LogP contribution in [0, 0.1) is 0 Å². The summed E-state index contributed by atoms with van der Waals surface area (Å²) in [7, 11) is 0. The Morgan fingerprint density at radius 1 is 1.22 bits per heavy atom. The van der Waals surface area contributed by atoms with Crippen molar-refractivity contribution < 1.29 is 19.4 Å². The van der Waals surface area contributed by atoms with Crippen molar-refractivity contribution in [1.29, 1.82) is 0 Å². The molecule has 36 heavy (non-hydrogen) atoms. The molecule has 0 bridgehead atoms. The van der Waals surface area contributed by atoms with E-state index in [9.17, 15) is 9.90 Å². The van der Waals surface area contributed by atoms with Crippen LogP contribution in [0.4, 0.5) is 5.82 Å². The normalized spacial score (nSPS) is 19.0. The number of carbonyl (C=O) groups excluding carboxylic acids is 1. The predicted octanol–water partition coefficient (Wildman–Crippen LogP) is 4.76. The number of anilines is 1. The lowest BCUT2D eigenvalue weighted by Crippen LogP contribution is -2.29. The molecule has 0 radical (unpaired) electrons. The Labute approximate surface area is 212 Å². The van der Waals surface area contributed by atoms with Gasteiger partial charge in [0, 0.05) is 17.8 Å². The van der Waals surface area contributed by atoms with E-state index in [0.717, 1.165) is 19.3 Å². The third-order valence-electron chi connectivity index (χ3n) is 6.17. The molecule has 1 saturated heterocycles. The first-order valence-corrected chi connectivity index (χ1v) is 12.2. The molecule has 4 heterocycles. The number of carbonyl (C=O) groups is 1. The van der Waals surface area contributed by atoms with Gasteiger partial charge in [-0.1, -0.05) is 17.7 Å². The molecule has 10 heteroatoms. The zero-order valence-electron chi connectivity index (χ0n) is 19.6. The fourth-order valence-corrected chi connectivity index (χ4v) is 4.46. The molecule has 186 valence electrons. The van der Waals surface area contributed by atoms with Gasteiger partial charge in [-0.3, -0.25) is 4.79 Å². The lowest BCUT2D eigenvalue weighted by atomic mass is 10.0. The highest BCUT2D eigenvalue weighted by Crippen LogP contribution is 2.29. The van der Waals surface area contributed by atoms with Crippen LogP contribution in [0.15, 0.2) is 55.0 Å². The van der Waals surface area contributed by atoms with Crippen molar-refractivity contribution in [3.8, 4) is 11.6 Å². The summed E-state index contributed by atoms with van der Waals surface area (Å²) in [6.07, 6.45) is 5.01. The number of ketones is 1. The van der Waals surface area contributed by atoms with Crippen LogP contribution >= 0.6 is 11.6 Å². The van der Waals surface area contributed by atoms with E-state index in [1.165, 1.54) is 6.33 Å². The molecule has 0 amide bonds. The van der Waals surface area contributed by atoms with Gasteiger partial charge in [0.15, 0.2) is 5.78 Å². The summed E-state index contributed by atoms with van der Waals surface area (Å²) in [5, 5.41) is 14.3. The Bertz CT molecular complexity index is 1360. The van der Waals surface area contributed by atoms with Crippen LogP contribution in [0.5, 0.6) is 11.6 Å². The molecule has 1 aromatic carbocycles. The van der Waals surface area contributed by atoms with E-state index in [1.807, 2.05) is 0 Å². The van der Waals surface area contributed by atoms with Crippen LogP contribution in [0.2, 0.25) is 5.15 Å². The van der Waals surface area contributed by atoms with E-state index in [4.69, 9.17) is 21.1 Å². The summed E-state index contributed by atoms with van der Waals surface area (Å²) in [5.74, 6) is 1.31. The number of nitrogens with zero attached hydrogens (tertiary/aromatic N) is 3. The Balaban J connectivity index is 1.35. The van der Waals surface area contributed by atoms with E-state index in [0.29, 0.717) is 51.4 Å². The van der Waals surface area contributed by atoms with Gasteiger partial charge < -0.3 is 24.9 Å². The molecular weight excluding hydrogens is 482 g/mol. The van der Waals surface area contributed by atoms with Crippen LogP contribution in [0.3, 0.4) is 0 Å². The standard InChI is InChI=1S/C26H26ClN5O4/c1-15(33)20-5-2-4-17(13-35-20)31-26-23-19(12-28-25(23)29-14-30-26)24(34)16-8-10-18(11-9-16)36-22-7-3-6-21(27)32-22/h3,6-12,14-15,17,20,33H,2,4-5,13H2,1H3,(H2,28,29,30,31)/t15-,17-,20+/m1/s1. The van der Waals surface area contributed by atoms with Gasteiger partial charge in [0.1, 0.15) is 28.7 Å². The number of nitrogens with one attached hydrogen (secondary N) is 2. The highest BCUT2D eigenvalue weighted by atomic mass is 35.5. The van der Waals surface area contributed by atoms with Crippen LogP contribution in [-0.2, 0) is 4.74 Å². The minimum Gasteiger partial charge on any atom is -0.439 e. The van der Waals surface area contributed by atoms with E-state index < -0.39 is 6.10 Å². The quantitative estimate of drug-likeness (QED) is 0.242. The van der Waals surface area contributed by atoms with Gasteiger partial charge >= 0.3 is 0 Å². The van der Waals surface area contributed by atoms with Gasteiger partial charge in [0.05, 0.1) is 35.8 Å². The highest BCUT2D eigenvalue weighted by Gasteiger charge is 2.25. The number of H-pyrrole nitrogens is 1. The minimum atomic E-state index is -0.512. The van der Waals surface area contributed by atoms with Crippen LogP contribution < -0.4 is 10.1 Å². The molecule has 0 saturated carbocycles. The predicted molar refractivity (Wildman–Crippen MR) is 136 cm³/mol. The second kappa shape index (κ2) is 10.6. The number of ether oxygens (including phenoxy) is 2. The van der Waals surface area contributed by atoms with Gasteiger partial charge in [-0.2, -0.15) is 0 Å². The number of aliphatic hydroxyl groups is 1. The highest BCUT2D eigenvalue weighted by molar-refractivity contribution is 6.29. The number of fused-ring (bicyclic) bond motifs is 1. The van der Waals surface area contributed by atoms with Gasteiger partial charge in [-0.05, 0) is 56.5 Å². The smallest absolute Gasteiger partial charge is 0.220 e. The number of hydrogen-bond acceptors (Lipinski definition) is 8. The fourth-order valence-electron chi connectivity index (χ4n) is 4.31. The Morgan fingerprint density at radius 3 is 2.83 bits per heavy atom. The topological polar surface area (TPSA) is 122 Å².